The molecule has 1 N–H and O–H groups in total. The van der Waals surface area contributed by atoms with Crippen LogP contribution in [0.4, 0.5) is 0 Å². The molecule has 0 spiro atoms. The lowest BCUT2D eigenvalue weighted by atomic mass is 10.2. The van der Waals surface area contributed by atoms with Gasteiger partial charge in [0.15, 0.2) is 0 Å². The molecule has 0 rings (SSSR count). The zero-order valence-corrected chi connectivity index (χ0v) is 8.31. The second-order valence-corrected chi connectivity index (χ2v) is 3.12. The first-order chi connectivity index (χ1) is 5.61. The van der Waals surface area contributed by atoms with Crippen LogP contribution in [0.1, 0.15) is 13.3 Å². The van der Waals surface area contributed by atoms with Gasteiger partial charge in [0.2, 0.25) is 0 Å². The maximum atomic E-state index is 10.8. The van der Waals surface area contributed by atoms with Crippen LogP contribution in [0.2, 0.25) is 0 Å². The van der Waals surface area contributed by atoms with Crippen molar-refractivity contribution in [3.8, 4) is 0 Å². The van der Waals surface area contributed by atoms with Crippen molar-refractivity contribution in [1.29, 1.82) is 0 Å². The number of hydrogen-bond donors (Lipinski definition) is 1. The summed E-state index contributed by atoms with van der Waals surface area (Å²) in [5.41, 5.74) is 0. The van der Waals surface area contributed by atoms with Gasteiger partial charge in [0, 0.05) is 5.88 Å². The van der Waals surface area contributed by atoms with Crippen LogP contribution in [0.25, 0.3) is 0 Å². The van der Waals surface area contributed by atoms with E-state index in [2.05, 4.69) is 4.74 Å². The maximum absolute atomic E-state index is 10.8. The number of ether oxygens (including phenoxy) is 1. The summed E-state index contributed by atoms with van der Waals surface area (Å²) in [6.07, 6.45) is -0.874. The van der Waals surface area contributed by atoms with Gasteiger partial charge in [0.1, 0.15) is 0 Å². The Bertz CT molecular complexity index is 141. The predicted octanol–water partition coefficient (Wildman–Crippen LogP) is 1.15. The lowest BCUT2D eigenvalue weighted by Crippen LogP contribution is -2.25. The molecule has 0 aliphatic heterocycles. The highest BCUT2D eigenvalue weighted by Crippen LogP contribution is 2.10. The number of carbonyl (C=O) groups is 1. The molecule has 0 aliphatic rings. The van der Waals surface area contributed by atoms with E-state index < -0.39 is 17.5 Å². The Kier molecular flexibility index (Phi) is 6.52. The molecule has 0 aromatic rings. The average molecular weight is 215 g/mol. The topological polar surface area (TPSA) is 46.5 Å². The van der Waals surface area contributed by atoms with Crippen molar-refractivity contribution in [1.82, 2.24) is 0 Å². The minimum atomic E-state index is -0.863. The van der Waals surface area contributed by atoms with Crippen LogP contribution in [-0.4, -0.2) is 35.0 Å². The van der Waals surface area contributed by atoms with Gasteiger partial charge in [-0.05, 0) is 6.92 Å². The van der Waals surface area contributed by atoms with Gasteiger partial charge in [0.05, 0.1) is 24.5 Å². The summed E-state index contributed by atoms with van der Waals surface area (Å²) >= 11 is 10.9. The molecule has 0 radical (unpaired) electrons. The molecular weight excluding hydrogens is 203 g/mol. The van der Waals surface area contributed by atoms with Crippen molar-refractivity contribution in [2.75, 3.05) is 12.5 Å². The SMILES string of the molecule is CCOC(=O)CC(Cl)[C@@H](O)CCl. The standard InChI is InChI=1S/C7H12Cl2O3/c1-2-12-7(11)3-5(9)6(10)4-8/h5-6,10H,2-4H2,1H3/t5?,6-/m0/s1. The molecule has 0 aliphatic carbocycles. The highest BCUT2D eigenvalue weighted by molar-refractivity contribution is 6.23. The number of esters is 1. The summed E-state index contributed by atoms with van der Waals surface area (Å²) in [5.74, 6) is -0.394. The third-order valence-electron chi connectivity index (χ3n) is 1.24. The fraction of sp³-hybridized carbons (Fsp3) is 0.857. The number of hydrogen-bond acceptors (Lipinski definition) is 3. The van der Waals surface area contributed by atoms with Crippen LogP contribution in [0, 0.1) is 0 Å². The summed E-state index contributed by atoms with van der Waals surface area (Å²) in [7, 11) is 0. The predicted molar refractivity (Wildman–Crippen MR) is 47.6 cm³/mol. The van der Waals surface area contributed by atoms with E-state index in [1.54, 1.807) is 6.92 Å². The lowest BCUT2D eigenvalue weighted by molar-refractivity contribution is -0.143. The van der Waals surface area contributed by atoms with Gasteiger partial charge in [-0.1, -0.05) is 0 Å². The fourth-order valence-corrected chi connectivity index (χ4v) is 1.13. The number of rotatable bonds is 5. The molecule has 0 heterocycles. The van der Waals surface area contributed by atoms with Crippen molar-refractivity contribution in [3.05, 3.63) is 0 Å². The maximum Gasteiger partial charge on any atom is 0.307 e. The Morgan fingerprint density at radius 1 is 1.67 bits per heavy atom. The summed E-state index contributed by atoms with van der Waals surface area (Å²) < 4.78 is 4.63. The van der Waals surface area contributed by atoms with Gasteiger partial charge in [-0.25, -0.2) is 0 Å². The molecule has 5 heteroatoms. The zero-order valence-electron chi connectivity index (χ0n) is 6.80. The Morgan fingerprint density at radius 3 is 2.67 bits per heavy atom. The van der Waals surface area contributed by atoms with Crippen molar-refractivity contribution < 1.29 is 14.6 Å². The molecule has 0 amide bonds. The monoisotopic (exact) mass is 214 g/mol. The van der Waals surface area contributed by atoms with Crippen molar-refractivity contribution in [2.24, 2.45) is 0 Å². The normalized spacial score (nSPS) is 15.3. The quantitative estimate of drug-likeness (QED) is 0.552. The largest absolute Gasteiger partial charge is 0.466 e. The van der Waals surface area contributed by atoms with Gasteiger partial charge >= 0.3 is 5.97 Å². The van der Waals surface area contributed by atoms with Gasteiger partial charge in [-0.15, -0.1) is 23.2 Å². The number of halogens is 2. The summed E-state index contributed by atoms with van der Waals surface area (Å²) in [4.78, 5) is 10.8. The van der Waals surface area contributed by atoms with Crippen LogP contribution in [0.15, 0.2) is 0 Å². The Hall–Kier alpha value is 0.01000. The smallest absolute Gasteiger partial charge is 0.307 e. The molecule has 1 unspecified atom stereocenters. The Morgan fingerprint density at radius 2 is 2.25 bits per heavy atom. The molecule has 3 nitrogen and oxygen atoms in total. The van der Waals surface area contributed by atoms with Gasteiger partial charge in [-0.2, -0.15) is 0 Å². The lowest BCUT2D eigenvalue weighted by Gasteiger charge is -2.12. The van der Waals surface area contributed by atoms with Crippen molar-refractivity contribution in [3.63, 3.8) is 0 Å². The van der Waals surface area contributed by atoms with Gasteiger partial charge < -0.3 is 9.84 Å². The molecule has 0 aromatic carbocycles. The molecule has 0 fully saturated rings. The number of aliphatic hydroxyl groups excluding tert-OH is 1. The molecule has 2 atom stereocenters. The third kappa shape index (κ3) is 4.80. The molecule has 0 saturated carbocycles. The summed E-state index contributed by atoms with van der Waals surface area (Å²) in [5, 5.41) is 8.41. The average Bonchev–Trinajstić information content (AvgIpc) is 2.03. The molecule has 0 aromatic heterocycles. The van der Waals surface area contributed by atoms with E-state index in [1.807, 2.05) is 0 Å². The van der Waals surface area contributed by atoms with Gasteiger partial charge in [-0.3, -0.25) is 4.79 Å². The van der Waals surface area contributed by atoms with E-state index in [9.17, 15) is 4.79 Å². The fourth-order valence-electron chi connectivity index (χ4n) is 0.612. The van der Waals surface area contributed by atoms with E-state index in [0.717, 1.165) is 0 Å². The minimum Gasteiger partial charge on any atom is -0.466 e. The highest BCUT2D eigenvalue weighted by atomic mass is 35.5. The van der Waals surface area contributed by atoms with E-state index in [0.29, 0.717) is 6.61 Å². The Balaban J connectivity index is 3.67. The third-order valence-corrected chi connectivity index (χ3v) is 2.00. The Labute approximate surface area is 81.6 Å². The van der Waals surface area contributed by atoms with Gasteiger partial charge in [0.25, 0.3) is 0 Å². The molecule has 0 bridgehead atoms. The molecule has 0 saturated heterocycles. The van der Waals surface area contributed by atoms with Crippen molar-refractivity contribution in [2.45, 2.75) is 24.8 Å². The van der Waals surface area contributed by atoms with Crippen LogP contribution in [0.3, 0.4) is 0 Å². The van der Waals surface area contributed by atoms with E-state index >= 15 is 0 Å². The molecule has 72 valence electrons. The zero-order chi connectivity index (χ0) is 9.56. The summed E-state index contributed by atoms with van der Waals surface area (Å²) in [6, 6.07) is 0. The number of aliphatic hydroxyl groups is 1. The first kappa shape index (κ1) is 12.0. The van der Waals surface area contributed by atoms with E-state index in [4.69, 9.17) is 28.3 Å². The second kappa shape index (κ2) is 6.52. The summed E-state index contributed by atoms with van der Waals surface area (Å²) in [6.45, 7) is 2.03. The number of carbonyl (C=O) groups excluding carboxylic acids is 1. The first-order valence-corrected chi connectivity index (χ1v) is 4.62. The second-order valence-electron chi connectivity index (χ2n) is 2.25. The molecular formula is C7H12Cl2O3. The van der Waals surface area contributed by atoms with Crippen LogP contribution < -0.4 is 0 Å². The highest BCUT2D eigenvalue weighted by Gasteiger charge is 2.19. The van der Waals surface area contributed by atoms with Crippen LogP contribution >= 0.6 is 23.2 Å². The van der Waals surface area contributed by atoms with E-state index in [1.165, 1.54) is 0 Å². The van der Waals surface area contributed by atoms with Crippen LogP contribution in [-0.2, 0) is 9.53 Å². The van der Waals surface area contributed by atoms with Crippen molar-refractivity contribution >= 4 is 29.2 Å². The van der Waals surface area contributed by atoms with Crippen LogP contribution in [0.5, 0.6) is 0 Å². The number of alkyl halides is 2. The minimum absolute atomic E-state index is 0.0106. The first-order valence-electron chi connectivity index (χ1n) is 3.65. The van der Waals surface area contributed by atoms with E-state index in [-0.39, 0.29) is 12.3 Å². The molecule has 12 heavy (non-hydrogen) atoms.